The zero-order valence-corrected chi connectivity index (χ0v) is 17.1. The Morgan fingerprint density at radius 3 is 2.55 bits per heavy atom. The van der Waals surface area contributed by atoms with E-state index in [-0.39, 0.29) is 22.2 Å². The molecule has 31 heavy (non-hydrogen) atoms. The van der Waals surface area contributed by atoms with Gasteiger partial charge in [-0.2, -0.15) is 18.2 Å². The fourth-order valence-electron chi connectivity index (χ4n) is 2.82. The molecule has 0 N–H and O–H groups in total. The van der Waals surface area contributed by atoms with Crippen LogP contribution in [0.3, 0.4) is 0 Å². The molecule has 4 aromatic rings. The van der Waals surface area contributed by atoms with Gasteiger partial charge in [-0.1, -0.05) is 35.1 Å². The van der Waals surface area contributed by atoms with Crippen LogP contribution in [-0.2, 0) is 11.9 Å². The molecule has 0 unspecified atom stereocenters. The Morgan fingerprint density at radius 2 is 1.81 bits per heavy atom. The van der Waals surface area contributed by atoms with Crippen LogP contribution in [0.2, 0.25) is 0 Å². The number of alkyl halides is 3. The summed E-state index contributed by atoms with van der Waals surface area (Å²) in [6.07, 6.45) is -4.65. The van der Waals surface area contributed by atoms with Crippen molar-refractivity contribution in [3.63, 3.8) is 0 Å². The van der Waals surface area contributed by atoms with Gasteiger partial charge in [-0.3, -0.25) is 0 Å². The Hall–Kier alpha value is -3.34. The summed E-state index contributed by atoms with van der Waals surface area (Å²) < 4.78 is 55.3. The zero-order valence-electron chi connectivity index (χ0n) is 16.3. The van der Waals surface area contributed by atoms with Crippen molar-refractivity contribution < 1.29 is 27.2 Å². The summed E-state index contributed by atoms with van der Waals surface area (Å²) in [4.78, 5) is 11.6. The molecule has 2 heterocycles. The van der Waals surface area contributed by atoms with E-state index in [0.717, 1.165) is 11.8 Å². The molecule has 11 heteroatoms. The van der Waals surface area contributed by atoms with Gasteiger partial charge in [0.25, 0.3) is 0 Å². The van der Waals surface area contributed by atoms with Gasteiger partial charge in [0.15, 0.2) is 0 Å². The van der Waals surface area contributed by atoms with E-state index in [9.17, 15) is 13.2 Å². The molecule has 0 amide bonds. The van der Waals surface area contributed by atoms with Gasteiger partial charge < -0.3 is 14.0 Å². The predicted molar refractivity (Wildman–Crippen MR) is 107 cm³/mol. The zero-order chi connectivity index (χ0) is 22.0. The Bertz CT molecular complexity index is 1230. The van der Waals surface area contributed by atoms with E-state index in [1.165, 1.54) is 13.2 Å². The van der Waals surface area contributed by atoms with Crippen LogP contribution in [0.25, 0.3) is 22.3 Å². The highest BCUT2D eigenvalue weighted by atomic mass is 32.2. The lowest BCUT2D eigenvalue weighted by Crippen LogP contribution is -2.11. The first kappa shape index (κ1) is 20.9. The minimum atomic E-state index is -4.65. The number of methoxy groups -OCH3 is 2. The van der Waals surface area contributed by atoms with E-state index >= 15 is 0 Å². The molecular weight excluding hydrogens is 433 g/mol. The molecule has 0 aliphatic heterocycles. The lowest BCUT2D eigenvalue weighted by molar-refractivity contribution is -0.145. The van der Waals surface area contributed by atoms with Crippen molar-refractivity contribution in [2.24, 2.45) is 0 Å². The van der Waals surface area contributed by atoms with Gasteiger partial charge in [0.1, 0.15) is 16.5 Å². The molecule has 4 rings (SSSR count). The topological polar surface area (TPSA) is 83.2 Å². The van der Waals surface area contributed by atoms with Crippen LogP contribution in [-0.4, -0.2) is 34.3 Å². The maximum atomic E-state index is 13.2. The molecule has 160 valence electrons. The van der Waals surface area contributed by atoms with Crippen molar-refractivity contribution in [2.75, 3.05) is 14.2 Å². The van der Waals surface area contributed by atoms with Crippen molar-refractivity contribution >= 4 is 22.7 Å². The molecule has 2 aromatic heterocycles. The first-order valence-corrected chi connectivity index (χ1v) is 9.89. The largest absolute Gasteiger partial charge is 0.497 e. The van der Waals surface area contributed by atoms with Gasteiger partial charge in [-0.05, 0) is 18.2 Å². The van der Waals surface area contributed by atoms with E-state index in [0.29, 0.717) is 28.3 Å². The molecule has 0 radical (unpaired) electrons. The van der Waals surface area contributed by atoms with E-state index in [1.807, 2.05) is 0 Å². The first-order chi connectivity index (χ1) is 14.9. The molecule has 2 aromatic carbocycles. The molecule has 0 aliphatic rings. The maximum Gasteiger partial charge on any atom is 0.451 e. The van der Waals surface area contributed by atoms with Gasteiger partial charge in [-0.15, -0.1) is 0 Å². The van der Waals surface area contributed by atoms with Crippen LogP contribution in [0.5, 0.6) is 11.5 Å². The summed E-state index contributed by atoms with van der Waals surface area (Å²) in [5.41, 5.74) is 0.802. The number of nitrogens with zero attached hydrogens (tertiary/aromatic N) is 4. The number of halogens is 3. The second-order valence-corrected chi connectivity index (χ2v) is 7.20. The van der Waals surface area contributed by atoms with E-state index in [1.54, 1.807) is 43.5 Å². The fourth-order valence-corrected chi connectivity index (χ4v) is 3.68. The molecule has 0 saturated carbocycles. The number of aromatic nitrogens is 4. The number of para-hydroxylation sites is 1. The highest BCUT2D eigenvalue weighted by Gasteiger charge is 2.35. The number of benzene rings is 2. The van der Waals surface area contributed by atoms with Crippen LogP contribution >= 0.6 is 11.8 Å². The normalized spacial score (nSPS) is 11.6. The van der Waals surface area contributed by atoms with Crippen LogP contribution < -0.4 is 9.47 Å². The van der Waals surface area contributed by atoms with Gasteiger partial charge in [0, 0.05) is 11.5 Å². The summed E-state index contributed by atoms with van der Waals surface area (Å²) in [5.74, 6) is 0.562. The lowest BCUT2D eigenvalue weighted by Gasteiger charge is -2.09. The summed E-state index contributed by atoms with van der Waals surface area (Å²) in [6.45, 7) is 0. The molecule has 0 bridgehead atoms. The van der Waals surface area contributed by atoms with Gasteiger partial charge in [0.2, 0.25) is 17.5 Å². The first-order valence-electron chi connectivity index (χ1n) is 8.91. The standard InChI is InChI=1S/C20H15F3N4O3S/c1-28-11-7-8-13(15(9-11)29-2)17-25-16(30-27-17)10-31-18-12-5-3-4-6-14(12)24-19(26-18)20(21,22)23/h3-9H,10H2,1-2H3. The highest BCUT2D eigenvalue weighted by Crippen LogP contribution is 2.34. The summed E-state index contributed by atoms with van der Waals surface area (Å²) in [7, 11) is 3.05. The minimum Gasteiger partial charge on any atom is -0.497 e. The van der Waals surface area contributed by atoms with Gasteiger partial charge in [0.05, 0.1) is 31.1 Å². The third kappa shape index (κ3) is 4.41. The Morgan fingerprint density at radius 1 is 1.00 bits per heavy atom. The third-order valence-electron chi connectivity index (χ3n) is 4.27. The van der Waals surface area contributed by atoms with E-state index < -0.39 is 12.0 Å². The number of fused-ring (bicyclic) bond motifs is 1. The molecule has 0 aliphatic carbocycles. The number of thioether (sulfide) groups is 1. The average Bonchev–Trinajstić information content (AvgIpc) is 3.25. The highest BCUT2D eigenvalue weighted by molar-refractivity contribution is 7.98. The summed E-state index contributed by atoms with van der Waals surface area (Å²) >= 11 is 1.06. The van der Waals surface area contributed by atoms with Crippen LogP contribution in [0, 0.1) is 0 Å². The summed E-state index contributed by atoms with van der Waals surface area (Å²) in [5, 5.41) is 4.64. The minimum absolute atomic E-state index is 0.129. The van der Waals surface area contributed by atoms with E-state index in [2.05, 4.69) is 20.1 Å². The lowest BCUT2D eigenvalue weighted by atomic mass is 10.2. The van der Waals surface area contributed by atoms with E-state index in [4.69, 9.17) is 14.0 Å². The molecule has 0 spiro atoms. The molecular formula is C20H15F3N4O3S. The van der Waals surface area contributed by atoms with Crippen molar-refractivity contribution in [1.82, 2.24) is 20.1 Å². The molecule has 7 nitrogen and oxygen atoms in total. The van der Waals surface area contributed by atoms with Gasteiger partial charge in [-0.25, -0.2) is 9.97 Å². The summed E-state index contributed by atoms with van der Waals surface area (Å²) in [6, 6.07) is 11.7. The smallest absolute Gasteiger partial charge is 0.451 e. The number of ether oxygens (including phenoxy) is 2. The fraction of sp³-hybridized carbons (Fsp3) is 0.200. The molecule has 0 fully saturated rings. The number of rotatable bonds is 6. The Balaban J connectivity index is 1.60. The maximum absolute atomic E-state index is 13.2. The second-order valence-electron chi connectivity index (χ2n) is 6.23. The van der Waals surface area contributed by atoms with Crippen molar-refractivity contribution in [1.29, 1.82) is 0 Å². The van der Waals surface area contributed by atoms with Crippen LogP contribution in [0.15, 0.2) is 52.0 Å². The monoisotopic (exact) mass is 448 g/mol. The SMILES string of the molecule is COc1ccc(-c2noc(CSc3nc(C(F)(F)F)nc4ccccc34)n2)c(OC)c1. The third-order valence-corrected chi connectivity index (χ3v) is 5.25. The quantitative estimate of drug-likeness (QED) is 0.301. The Labute approximate surface area is 178 Å². The molecule has 0 saturated heterocycles. The van der Waals surface area contributed by atoms with Crippen LogP contribution in [0.1, 0.15) is 11.7 Å². The van der Waals surface area contributed by atoms with Crippen molar-refractivity contribution in [2.45, 2.75) is 17.0 Å². The molecule has 0 atom stereocenters. The predicted octanol–water partition coefficient (Wildman–Crippen LogP) is 5.01. The average molecular weight is 448 g/mol. The second kappa shape index (κ2) is 8.42. The number of hydrogen-bond acceptors (Lipinski definition) is 8. The van der Waals surface area contributed by atoms with Crippen LogP contribution in [0.4, 0.5) is 13.2 Å². The Kier molecular flexibility index (Phi) is 5.68. The van der Waals surface area contributed by atoms with Crippen molar-refractivity contribution in [3.8, 4) is 22.9 Å². The van der Waals surface area contributed by atoms with Gasteiger partial charge >= 0.3 is 6.18 Å². The number of hydrogen-bond donors (Lipinski definition) is 0. The van der Waals surface area contributed by atoms with Crippen molar-refractivity contribution in [3.05, 3.63) is 54.2 Å².